The Hall–Kier alpha value is -7.08. The minimum absolute atomic E-state index is 0.0159. The lowest BCUT2D eigenvalue weighted by Crippen LogP contribution is -2.25. The number of rotatable bonds is 16. The van der Waals surface area contributed by atoms with Gasteiger partial charge in [0.1, 0.15) is 17.2 Å². The highest BCUT2D eigenvalue weighted by Crippen LogP contribution is 2.38. The first-order chi connectivity index (χ1) is 28.8. The maximum Gasteiger partial charge on any atom is 0.132 e. The van der Waals surface area contributed by atoms with Gasteiger partial charge in [0.25, 0.3) is 0 Å². The van der Waals surface area contributed by atoms with E-state index in [0.29, 0.717) is 66.4 Å². The smallest absolute Gasteiger partial charge is 0.132 e. The third kappa shape index (κ3) is 10.9. The number of aromatic hydroxyl groups is 3. The van der Waals surface area contributed by atoms with Gasteiger partial charge in [0, 0.05) is 93.2 Å². The standard InChI is InChI=1S/C48H46N8O3/c1-34-23-44(53-26-36-13-3-4-18-46(36)57)45(24-35(34)2)54-27-37-25-38(28-55(29-39-14-5-9-19-49-39)30-40-15-6-10-20-50-40)48(59)43(47(37)58)33-56(31-41-16-7-11-21-51-41)32-42-17-8-12-22-52-42/h3-27,57-59H,28-33H2,1-2H3. The molecular formula is C48H46N8O3. The van der Waals surface area contributed by atoms with E-state index in [2.05, 4.69) is 29.7 Å². The Bertz CT molecular complexity index is 2440. The number of aryl methyl sites for hydroxylation is 2. The molecule has 0 bridgehead atoms. The summed E-state index contributed by atoms with van der Waals surface area (Å²) in [6.45, 7) is 6.37. The van der Waals surface area contributed by atoms with E-state index in [9.17, 15) is 15.3 Å². The number of benzene rings is 3. The van der Waals surface area contributed by atoms with Gasteiger partial charge in [0.15, 0.2) is 0 Å². The lowest BCUT2D eigenvalue weighted by Gasteiger charge is -2.26. The number of hydrogen-bond donors (Lipinski definition) is 3. The van der Waals surface area contributed by atoms with Gasteiger partial charge in [0.05, 0.1) is 39.7 Å². The second-order valence-electron chi connectivity index (χ2n) is 14.4. The molecule has 7 rings (SSSR count). The van der Waals surface area contributed by atoms with Crippen molar-refractivity contribution in [1.82, 2.24) is 29.7 Å². The number of aliphatic imine (C=N–C) groups is 2. The van der Waals surface area contributed by atoms with Crippen molar-refractivity contribution in [2.45, 2.75) is 53.1 Å². The van der Waals surface area contributed by atoms with Crippen LogP contribution in [0.3, 0.4) is 0 Å². The van der Waals surface area contributed by atoms with Crippen molar-refractivity contribution in [2.24, 2.45) is 9.98 Å². The van der Waals surface area contributed by atoms with Crippen LogP contribution in [-0.4, -0.2) is 57.5 Å². The largest absolute Gasteiger partial charge is 0.507 e. The highest BCUT2D eigenvalue weighted by atomic mass is 16.3. The molecule has 0 atom stereocenters. The molecule has 11 nitrogen and oxygen atoms in total. The monoisotopic (exact) mass is 782 g/mol. The molecule has 3 N–H and O–H groups in total. The summed E-state index contributed by atoms with van der Waals surface area (Å²) in [7, 11) is 0. The molecule has 296 valence electrons. The van der Waals surface area contributed by atoms with Gasteiger partial charge < -0.3 is 15.3 Å². The summed E-state index contributed by atoms with van der Waals surface area (Å²) in [5.74, 6) is 0.0171. The molecule has 0 amide bonds. The van der Waals surface area contributed by atoms with E-state index < -0.39 is 0 Å². The van der Waals surface area contributed by atoms with Crippen molar-refractivity contribution in [2.75, 3.05) is 0 Å². The lowest BCUT2D eigenvalue weighted by molar-refractivity contribution is 0.228. The third-order valence-corrected chi connectivity index (χ3v) is 9.91. The van der Waals surface area contributed by atoms with Gasteiger partial charge in [-0.15, -0.1) is 0 Å². The van der Waals surface area contributed by atoms with Crippen molar-refractivity contribution >= 4 is 23.8 Å². The molecule has 0 fully saturated rings. The number of nitrogens with zero attached hydrogens (tertiary/aromatic N) is 8. The van der Waals surface area contributed by atoms with Gasteiger partial charge in [0.2, 0.25) is 0 Å². The average Bonchev–Trinajstić information content (AvgIpc) is 3.25. The van der Waals surface area contributed by atoms with Crippen LogP contribution < -0.4 is 0 Å². The molecule has 0 saturated heterocycles. The first-order valence-electron chi connectivity index (χ1n) is 19.4. The highest BCUT2D eigenvalue weighted by molar-refractivity contribution is 5.90. The predicted octanol–water partition coefficient (Wildman–Crippen LogP) is 8.91. The lowest BCUT2D eigenvalue weighted by atomic mass is 10.0. The minimum atomic E-state index is -0.0915. The number of phenolic OH excluding ortho intramolecular Hbond substituents is 3. The summed E-state index contributed by atoms with van der Waals surface area (Å²) < 4.78 is 0. The van der Waals surface area contributed by atoms with E-state index >= 15 is 0 Å². The van der Waals surface area contributed by atoms with E-state index in [1.54, 1.807) is 61.5 Å². The Kier molecular flexibility index (Phi) is 13.2. The van der Waals surface area contributed by atoms with Gasteiger partial charge in [-0.3, -0.25) is 39.7 Å². The summed E-state index contributed by atoms with van der Waals surface area (Å²) in [6.07, 6.45) is 10.3. The zero-order valence-electron chi connectivity index (χ0n) is 33.1. The van der Waals surface area contributed by atoms with Crippen molar-refractivity contribution in [3.8, 4) is 17.2 Å². The molecule has 7 aromatic rings. The Morgan fingerprint density at radius 3 is 1.34 bits per heavy atom. The quantitative estimate of drug-likeness (QED) is 0.0819. The van der Waals surface area contributed by atoms with Crippen LogP contribution in [0, 0.1) is 13.8 Å². The molecular weight excluding hydrogens is 737 g/mol. The molecule has 11 heteroatoms. The summed E-state index contributed by atoms with van der Waals surface area (Å²) >= 11 is 0. The number of phenols is 3. The van der Waals surface area contributed by atoms with Crippen LogP contribution in [0.5, 0.6) is 17.2 Å². The van der Waals surface area contributed by atoms with Crippen LogP contribution >= 0.6 is 0 Å². The van der Waals surface area contributed by atoms with Gasteiger partial charge in [-0.25, -0.2) is 0 Å². The fourth-order valence-corrected chi connectivity index (χ4v) is 6.72. The molecule has 0 radical (unpaired) electrons. The van der Waals surface area contributed by atoms with E-state index in [-0.39, 0.29) is 23.8 Å². The van der Waals surface area contributed by atoms with Crippen LogP contribution in [0.4, 0.5) is 11.4 Å². The van der Waals surface area contributed by atoms with E-state index in [0.717, 1.165) is 33.9 Å². The van der Waals surface area contributed by atoms with Crippen molar-refractivity contribution in [3.05, 3.63) is 196 Å². The van der Waals surface area contributed by atoms with Crippen LogP contribution in [0.1, 0.15) is 56.2 Å². The number of hydrogen-bond acceptors (Lipinski definition) is 11. The number of para-hydroxylation sites is 1. The summed E-state index contributed by atoms with van der Waals surface area (Å²) in [5.41, 5.74) is 8.59. The highest BCUT2D eigenvalue weighted by Gasteiger charge is 2.23. The first-order valence-corrected chi connectivity index (χ1v) is 19.4. The van der Waals surface area contributed by atoms with Crippen LogP contribution in [0.25, 0.3) is 0 Å². The molecule has 3 aromatic carbocycles. The van der Waals surface area contributed by atoms with Gasteiger partial charge in [-0.05, 0) is 104 Å². The van der Waals surface area contributed by atoms with Crippen LogP contribution in [0.2, 0.25) is 0 Å². The molecule has 0 spiro atoms. The Morgan fingerprint density at radius 1 is 0.475 bits per heavy atom. The first kappa shape index (κ1) is 40.1. The Labute approximate surface area is 344 Å². The molecule has 4 heterocycles. The SMILES string of the molecule is Cc1cc(N=Cc2ccccc2O)c(N=Cc2cc(CN(Cc3ccccn3)Cc3ccccn3)c(O)c(CN(Cc3ccccn3)Cc3ccccn3)c2O)cc1C. The fourth-order valence-electron chi connectivity index (χ4n) is 6.72. The maximum absolute atomic E-state index is 12.2. The predicted molar refractivity (Wildman–Crippen MR) is 231 cm³/mol. The molecule has 0 aliphatic carbocycles. The second kappa shape index (κ2) is 19.4. The van der Waals surface area contributed by atoms with E-state index in [1.165, 1.54) is 0 Å². The molecule has 0 saturated carbocycles. The normalized spacial score (nSPS) is 11.7. The minimum Gasteiger partial charge on any atom is -0.507 e. The van der Waals surface area contributed by atoms with Gasteiger partial charge >= 0.3 is 0 Å². The topological polar surface area (TPSA) is 143 Å². The van der Waals surface area contributed by atoms with Crippen molar-refractivity contribution in [3.63, 3.8) is 0 Å². The van der Waals surface area contributed by atoms with Crippen LogP contribution in [-0.2, 0) is 39.3 Å². The molecule has 4 aromatic heterocycles. The molecule has 0 aliphatic rings. The molecule has 0 unspecified atom stereocenters. The van der Waals surface area contributed by atoms with Crippen molar-refractivity contribution in [1.29, 1.82) is 0 Å². The molecule has 59 heavy (non-hydrogen) atoms. The summed E-state index contributed by atoms with van der Waals surface area (Å²) in [5, 5.41) is 34.7. The zero-order valence-corrected chi connectivity index (χ0v) is 33.1. The second-order valence-corrected chi connectivity index (χ2v) is 14.4. The van der Waals surface area contributed by atoms with E-state index in [4.69, 9.17) is 9.98 Å². The fraction of sp³-hybridized carbons (Fsp3) is 0.167. The summed E-state index contributed by atoms with van der Waals surface area (Å²) in [4.78, 5) is 32.2. The third-order valence-electron chi connectivity index (χ3n) is 9.91. The average molecular weight is 783 g/mol. The van der Waals surface area contributed by atoms with E-state index in [1.807, 2.05) is 105 Å². The number of pyridine rings is 4. The number of aromatic nitrogens is 4. The van der Waals surface area contributed by atoms with Gasteiger partial charge in [-0.1, -0.05) is 36.4 Å². The van der Waals surface area contributed by atoms with Crippen molar-refractivity contribution < 1.29 is 15.3 Å². The molecule has 0 aliphatic heterocycles. The Balaban J connectivity index is 1.31. The maximum atomic E-state index is 12.2. The zero-order chi connectivity index (χ0) is 41.0. The summed E-state index contributed by atoms with van der Waals surface area (Å²) in [6, 6.07) is 35.9. The Morgan fingerprint density at radius 2 is 0.898 bits per heavy atom. The van der Waals surface area contributed by atoms with Gasteiger partial charge in [-0.2, -0.15) is 0 Å². The van der Waals surface area contributed by atoms with Crippen LogP contribution in [0.15, 0.2) is 150 Å².